The van der Waals surface area contributed by atoms with E-state index < -0.39 is 22.2 Å². The Kier molecular flexibility index (Phi) is 9.96. The molecule has 11 heteroatoms. The average Bonchev–Trinajstić information content (AvgIpc) is 3.76. The highest BCUT2D eigenvalue weighted by molar-refractivity contribution is 7.99. The molecule has 3 aromatic rings. The lowest BCUT2D eigenvalue weighted by atomic mass is 10.0. The molecule has 2 heterocycles. The van der Waals surface area contributed by atoms with Crippen LogP contribution in [0.25, 0.3) is 22.4 Å². The first-order chi connectivity index (χ1) is 22.2. The molecule has 3 N–H and O–H groups in total. The maximum Gasteiger partial charge on any atom is 0.411 e. The second-order valence-electron chi connectivity index (χ2n) is 14.3. The number of hydrogen-bond acceptors (Lipinski definition) is 7. The molecule has 47 heavy (non-hydrogen) atoms. The number of H-pyrrole nitrogens is 1. The van der Waals surface area contributed by atoms with Gasteiger partial charge in [-0.25, -0.2) is 14.6 Å². The summed E-state index contributed by atoms with van der Waals surface area (Å²) in [4.78, 5) is 47.8. The van der Waals surface area contributed by atoms with Crippen LogP contribution in [-0.2, 0) is 14.3 Å². The smallest absolute Gasteiger partial charge is 0.411 e. The third kappa shape index (κ3) is 8.12. The van der Waals surface area contributed by atoms with Gasteiger partial charge in [0, 0.05) is 18.2 Å². The van der Waals surface area contributed by atoms with Gasteiger partial charge in [-0.3, -0.25) is 9.69 Å². The number of aromatic nitrogens is 2. The average molecular weight is 662 g/mol. The lowest BCUT2D eigenvalue weighted by Gasteiger charge is -2.36. The molecule has 2 fully saturated rings. The molecular formula is C36H47N5O5S. The number of likely N-dealkylation sites (tertiary alicyclic amines) is 1. The molecule has 2 aliphatic rings. The van der Waals surface area contributed by atoms with Crippen LogP contribution in [0.2, 0.25) is 0 Å². The Morgan fingerprint density at radius 2 is 1.43 bits per heavy atom. The summed E-state index contributed by atoms with van der Waals surface area (Å²) < 4.78 is 11.1. The first-order valence-electron chi connectivity index (χ1n) is 16.3. The number of hydrogen-bond donors (Lipinski definition) is 3. The molecule has 1 aliphatic carbocycles. The van der Waals surface area contributed by atoms with E-state index in [0.717, 1.165) is 60.3 Å². The zero-order valence-electron chi connectivity index (χ0n) is 28.4. The quantitative estimate of drug-likeness (QED) is 0.240. The van der Waals surface area contributed by atoms with Gasteiger partial charge >= 0.3 is 12.2 Å². The van der Waals surface area contributed by atoms with E-state index in [0.29, 0.717) is 12.1 Å². The van der Waals surface area contributed by atoms with Crippen LogP contribution in [0.4, 0.5) is 9.59 Å². The number of aromatic amines is 1. The van der Waals surface area contributed by atoms with E-state index in [1.54, 1.807) is 16.7 Å². The zero-order valence-corrected chi connectivity index (χ0v) is 29.3. The third-order valence-electron chi connectivity index (χ3n) is 8.44. The molecule has 0 bridgehead atoms. The number of nitrogens with zero attached hydrogens (tertiary/aromatic N) is 2. The van der Waals surface area contributed by atoms with Gasteiger partial charge in [0.05, 0.1) is 17.9 Å². The number of amides is 3. The van der Waals surface area contributed by atoms with Crippen LogP contribution in [0, 0.1) is 0 Å². The van der Waals surface area contributed by atoms with Gasteiger partial charge in [0.2, 0.25) is 0 Å². The monoisotopic (exact) mass is 661 g/mol. The molecule has 1 saturated heterocycles. The van der Waals surface area contributed by atoms with Crippen LogP contribution in [0.3, 0.4) is 0 Å². The molecule has 1 aromatic heterocycles. The highest BCUT2D eigenvalue weighted by atomic mass is 32.2. The molecule has 1 saturated carbocycles. The number of rotatable bonds is 7. The van der Waals surface area contributed by atoms with Crippen molar-refractivity contribution in [3.63, 3.8) is 0 Å². The van der Waals surface area contributed by atoms with E-state index in [2.05, 4.69) is 15.6 Å². The number of ether oxygens (including phenoxy) is 2. The Balaban J connectivity index is 1.22. The van der Waals surface area contributed by atoms with Crippen molar-refractivity contribution in [3.05, 3.63) is 66.1 Å². The number of alkyl carbamates (subject to hydrolysis) is 1. The largest absolute Gasteiger partial charge is 0.444 e. The van der Waals surface area contributed by atoms with Crippen LogP contribution >= 0.6 is 11.8 Å². The second kappa shape index (κ2) is 13.6. The fourth-order valence-electron chi connectivity index (χ4n) is 6.24. The molecule has 10 nitrogen and oxygen atoms in total. The topological polar surface area (TPSA) is 126 Å². The molecule has 3 amide bonds. The second-order valence-corrected chi connectivity index (χ2v) is 15.4. The summed E-state index contributed by atoms with van der Waals surface area (Å²) in [5, 5.41) is 6.02. The van der Waals surface area contributed by atoms with Crippen LogP contribution in [0.1, 0.15) is 89.8 Å². The van der Waals surface area contributed by atoms with E-state index in [9.17, 15) is 14.4 Å². The molecule has 0 radical (unpaired) electrons. The summed E-state index contributed by atoms with van der Waals surface area (Å²) in [6.07, 6.45) is 7.21. The summed E-state index contributed by atoms with van der Waals surface area (Å²) in [7, 11) is 0. The Morgan fingerprint density at radius 3 is 2.02 bits per heavy atom. The molecule has 252 valence electrons. The molecule has 2 aromatic carbocycles. The van der Waals surface area contributed by atoms with Gasteiger partial charge in [-0.2, -0.15) is 0 Å². The Morgan fingerprint density at radius 1 is 0.851 bits per heavy atom. The molecule has 3 atom stereocenters. The summed E-state index contributed by atoms with van der Waals surface area (Å²) in [5.41, 5.74) is 3.27. The standard InChI is InChI=1S/C36H47N5O5S/c1-34(2,3)45-32(43)40-28-11-8-10-27(28)38-30(42)26-18-14-24(15-19-26)23-12-16-25(17-13-23)29-22-37-31(39-29)36(47-7)20-9-21-41(36)33(44)46-35(4,5)6/h12-19,22,27-28H,8-11,20-21H2,1-7H3,(H,37,39)(H,38,42)(H,40,43). The number of carbonyl (C=O) groups excluding carboxylic acids is 3. The van der Waals surface area contributed by atoms with E-state index in [1.165, 1.54) is 0 Å². The normalized spacial score (nSPS) is 21.4. The first kappa shape index (κ1) is 34.3. The maximum absolute atomic E-state index is 13.1. The fraction of sp³-hybridized carbons (Fsp3) is 0.500. The van der Waals surface area contributed by atoms with Crippen LogP contribution in [-0.4, -0.2) is 69.0 Å². The number of benzene rings is 2. The molecule has 5 rings (SSSR count). The lowest BCUT2D eigenvalue weighted by molar-refractivity contribution is 0.0183. The van der Waals surface area contributed by atoms with Crippen LogP contribution in [0.5, 0.6) is 0 Å². The van der Waals surface area contributed by atoms with E-state index >= 15 is 0 Å². The summed E-state index contributed by atoms with van der Waals surface area (Å²) >= 11 is 1.60. The summed E-state index contributed by atoms with van der Waals surface area (Å²) in [5.74, 6) is 0.575. The van der Waals surface area contributed by atoms with Crippen molar-refractivity contribution in [2.75, 3.05) is 12.8 Å². The minimum absolute atomic E-state index is 0.148. The molecule has 3 unspecified atom stereocenters. The van der Waals surface area contributed by atoms with E-state index in [-0.39, 0.29) is 24.1 Å². The van der Waals surface area contributed by atoms with Crippen molar-refractivity contribution in [1.29, 1.82) is 0 Å². The van der Waals surface area contributed by atoms with Crippen molar-refractivity contribution in [3.8, 4) is 22.4 Å². The number of nitrogens with one attached hydrogen (secondary N) is 3. The number of carbonyl (C=O) groups is 3. The van der Waals surface area contributed by atoms with Gasteiger partial charge < -0.3 is 25.1 Å². The highest BCUT2D eigenvalue weighted by Crippen LogP contribution is 2.46. The van der Waals surface area contributed by atoms with E-state index in [1.807, 2.05) is 103 Å². The fourth-order valence-corrected chi connectivity index (χ4v) is 7.27. The van der Waals surface area contributed by atoms with Gasteiger partial charge in [-0.1, -0.05) is 36.4 Å². The van der Waals surface area contributed by atoms with E-state index in [4.69, 9.17) is 14.5 Å². The molecular weight excluding hydrogens is 614 g/mol. The minimum atomic E-state index is -0.609. The summed E-state index contributed by atoms with van der Waals surface area (Å²) in [6, 6.07) is 15.4. The van der Waals surface area contributed by atoms with Gasteiger partial charge in [-0.05, 0) is 109 Å². The Labute approximate surface area is 281 Å². The van der Waals surface area contributed by atoms with Gasteiger partial charge in [0.1, 0.15) is 21.9 Å². The maximum atomic E-state index is 13.1. The SMILES string of the molecule is CSC1(c2ncc(-c3ccc(-c4ccc(C(=O)NC5CCCC5NC(=O)OC(C)(C)C)cc4)cc3)[nH]2)CCCN1C(=O)OC(C)(C)C. The number of imidazole rings is 1. The summed E-state index contributed by atoms with van der Waals surface area (Å²) in [6.45, 7) is 11.7. The third-order valence-corrected chi connectivity index (χ3v) is 9.73. The van der Waals surface area contributed by atoms with Crippen LogP contribution in [0.15, 0.2) is 54.7 Å². The van der Waals surface area contributed by atoms with Crippen molar-refractivity contribution >= 4 is 29.9 Å². The number of thioether (sulfide) groups is 1. The lowest BCUT2D eigenvalue weighted by Crippen LogP contribution is -2.49. The Hall–Kier alpha value is -3.99. The van der Waals surface area contributed by atoms with Crippen molar-refractivity contribution < 1.29 is 23.9 Å². The van der Waals surface area contributed by atoms with Gasteiger partial charge in [-0.15, -0.1) is 11.8 Å². The van der Waals surface area contributed by atoms with Crippen molar-refractivity contribution in [2.24, 2.45) is 0 Å². The first-order valence-corrected chi connectivity index (χ1v) is 17.5. The van der Waals surface area contributed by atoms with Gasteiger partial charge in [0.15, 0.2) is 0 Å². The Bertz CT molecular complexity index is 1570. The predicted molar refractivity (Wildman–Crippen MR) is 185 cm³/mol. The predicted octanol–water partition coefficient (Wildman–Crippen LogP) is 7.47. The zero-order chi connectivity index (χ0) is 34.0. The molecule has 1 aliphatic heterocycles. The molecule has 0 spiro atoms. The van der Waals surface area contributed by atoms with Gasteiger partial charge in [0.25, 0.3) is 5.91 Å². The van der Waals surface area contributed by atoms with Crippen LogP contribution < -0.4 is 10.6 Å². The highest BCUT2D eigenvalue weighted by Gasteiger charge is 2.48. The van der Waals surface area contributed by atoms with Crippen molar-refractivity contribution in [1.82, 2.24) is 25.5 Å². The minimum Gasteiger partial charge on any atom is -0.444 e. The van der Waals surface area contributed by atoms with Crippen molar-refractivity contribution in [2.45, 2.75) is 102 Å².